The van der Waals surface area contributed by atoms with Crippen LogP contribution in [0.5, 0.6) is 11.5 Å². The molecule has 0 aliphatic rings. The lowest BCUT2D eigenvalue weighted by Gasteiger charge is -2.07. The van der Waals surface area contributed by atoms with Crippen molar-refractivity contribution in [1.29, 1.82) is 0 Å². The molecule has 3 aromatic carbocycles. The Morgan fingerprint density at radius 3 is 2.21 bits per heavy atom. The van der Waals surface area contributed by atoms with Crippen LogP contribution in [-0.4, -0.2) is 22.2 Å². The second-order valence-electron chi connectivity index (χ2n) is 6.45. The van der Waals surface area contributed by atoms with Crippen LogP contribution in [0.25, 0.3) is 21.8 Å². The number of imidazole rings is 1. The second kappa shape index (κ2) is 7.23. The first kappa shape index (κ1) is 17.9. The number of aryl methyl sites for hydroxylation is 1. The molecule has 0 fully saturated rings. The van der Waals surface area contributed by atoms with Crippen LogP contribution in [0.15, 0.2) is 65.5 Å². The van der Waals surface area contributed by atoms with Crippen molar-refractivity contribution in [3.63, 3.8) is 0 Å². The molecule has 0 bridgehead atoms. The topological polar surface area (TPSA) is 62.5 Å². The van der Waals surface area contributed by atoms with Crippen molar-refractivity contribution in [1.82, 2.24) is 9.13 Å². The zero-order valence-electron chi connectivity index (χ0n) is 15.7. The quantitative estimate of drug-likeness (QED) is 0.394. The van der Waals surface area contributed by atoms with Gasteiger partial charge in [0.05, 0.1) is 18.1 Å². The molecule has 0 aliphatic carbocycles. The number of carbonyl (C=O) groups excluding carboxylic acids is 1. The molecule has 0 atom stereocenters. The van der Waals surface area contributed by atoms with E-state index in [0.29, 0.717) is 12.3 Å². The van der Waals surface area contributed by atoms with E-state index in [1.807, 2.05) is 55.5 Å². The zero-order valence-corrected chi connectivity index (χ0v) is 15.7. The van der Waals surface area contributed by atoms with Gasteiger partial charge in [0.15, 0.2) is 0 Å². The molecule has 0 radical (unpaired) electrons. The van der Waals surface area contributed by atoms with Gasteiger partial charge in [0.1, 0.15) is 18.0 Å². The van der Waals surface area contributed by atoms with Crippen LogP contribution in [0.4, 0.5) is 0 Å². The summed E-state index contributed by atoms with van der Waals surface area (Å²) >= 11 is 0. The normalized spacial score (nSPS) is 11.1. The SMILES string of the molecule is CCn1c(=O)n(CC(=O)Oc2ccc3ccc(OC)cc3c2)c2ccccc21. The van der Waals surface area contributed by atoms with Crippen molar-refractivity contribution in [3.8, 4) is 11.5 Å². The van der Waals surface area contributed by atoms with Crippen LogP contribution in [-0.2, 0) is 17.9 Å². The molecular weight excluding hydrogens is 356 g/mol. The molecule has 1 heterocycles. The minimum absolute atomic E-state index is 0.150. The molecule has 0 saturated heterocycles. The summed E-state index contributed by atoms with van der Waals surface area (Å²) in [4.78, 5) is 25.2. The van der Waals surface area contributed by atoms with Gasteiger partial charge in [0.25, 0.3) is 0 Å². The zero-order chi connectivity index (χ0) is 19.7. The largest absolute Gasteiger partial charge is 0.497 e. The van der Waals surface area contributed by atoms with E-state index in [1.54, 1.807) is 23.8 Å². The van der Waals surface area contributed by atoms with Crippen LogP contribution in [0.2, 0.25) is 0 Å². The van der Waals surface area contributed by atoms with Gasteiger partial charge < -0.3 is 9.47 Å². The molecule has 0 unspecified atom stereocenters. The van der Waals surface area contributed by atoms with Gasteiger partial charge in [-0.3, -0.25) is 9.13 Å². The highest BCUT2D eigenvalue weighted by molar-refractivity contribution is 5.86. The van der Waals surface area contributed by atoms with E-state index in [1.165, 1.54) is 4.57 Å². The number of fused-ring (bicyclic) bond motifs is 2. The van der Waals surface area contributed by atoms with E-state index in [4.69, 9.17) is 9.47 Å². The average molecular weight is 376 g/mol. The average Bonchev–Trinajstić information content (AvgIpc) is 2.98. The number of ether oxygens (including phenoxy) is 2. The maximum absolute atomic E-state index is 12.7. The fraction of sp³-hybridized carbons (Fsp3) is 0.182. The molecule has 0 saturated carbocycles. The summed E-state index contributed by atoms with van der Waals surface area (Å²) < 4.78 is 13.8. The van der Waals surface area contributed by atoms with Gasteiger partial charge >= 0.3 is 11.7 Å². The van der Waals surface area contributed by atoms with Gasteiger partial charge in [0, 0.05) is 6.54 Å². The molecule has 0 aliphatic heterocycles. The van der Waals surface area contributed by atoms with Crippen molar-refractivity contribution in [2.75, 3.05) is 7.11 Å². The lowest BCUT2D eigenvalue weighted by molar-refractivity contribution is -0.135. The van der Waals surface area contributed by atoms with Gasteiger partial charge in [-0.1, -0.05) is 24.3 Å². The van der Waals surface area contributed by atoms with Crippen molar-refractivity contribution in [2.45, 2.75) is 20.0 Å². The van der Waals surface area contributed by atoms with E-state index in [-0.39, 0.29) is 12.2 Å². The highest BCUT2D eigenvalue weighted by Gasteiger charge is 2.15. The highest BCUT2D eigenvalue weighted by Crippen LogP contribution is 2.25. The summed E-state index contributed by atoms with van der Waals surface area (Å²) in [5.41, 5.74) is 1.30. The minimum Gasteiger partial charge on any atom is -0.497 e. The van der Waals surface area contributed by atoms with Gasteiger partial charge in [-0.15, -0.1) is 0 Å². The molecular formula is C22H20N2O4. The van der Waals surface area contributed by atoms with Crippen molar-refractivity contribution in [2.24, 2.45) is 0 Å². The molecule has 142 valence electrons. The minimum atomic E-state index is -0.497. The second-order valence-corrected chi connectivity index (χ2v) is 6.45. The summed E-state index contributed by atoms with van der Waals surface area (Å²) in [5.74, 6) is 0.663. The third-order valence-electron chi connectivity index (χ3n) is 4.78. The number of esters is 1. The first-order chi connectivity index (χ1) is 13.6. The van der Waals surface area contributed by atoms with Crippen LogP contribution in [0.1, 0.15) is 6.92 Å². The highest BCUT2D eigenvalue weighted by atomic mass is 16.5. The Morgan fingerprint density at radius 1 is 0.893 bits per heavy atom. The molecule has 1 aromatic heterocycles. The molecule has 28 heavy (non-hydrogen) atoms. The Hall–Kier alpha value is -3.54. The van der Waals surface area contributed by atoms with Crippen molar-refractivity contribution < 1.29 is 14.3 Å². The van der Waals surface area contributed by atoms with E-state index < -0.39 is 5.97 Å². The molecule has 6 nitrogen and oxygen atoms in total. The van der Waals surface area contributed by atoms with Gasteiger partial charge in [-0.25, -0.2) is 9.59 Å². The number of nitrogens with zero attached hydrogens (tertiary/aromatic N) is 2. The fourth-order valence-electron chi connectivity index (χ4n) is 3.42. The number of methoxy groups -OCH3 is 1. The van der Waals surface area contributed by atoms with E-state index >= 15 is 0 Å². The number of aromatic nitrogens is 2. The molecule has 6 heteroatoms. The molecule has 0 amide bonds. The Balaban J connectivity index is 1.62. The molecule has 4 aromatic rings. The summed E-state index contributed by atoms with van der Waals surface area (Å²) in [6.45, 7) is 2.29. The molecule has 0 N–H and O–H groups in total. The maximum atomic E-state index is 12.7. The molecule has 4 rings (SSSR count). The maximum Gasteiger partial charge on any atom is 0.331 e. The smallest absolute Gasteiger partial charge is 0.331 e. The van der Waals surface area contributed by atoms with Crippen LogP contribution in [0, 0.1) is 0 Å². The number of hydrogen-bond acceptors (Lipinski definition) is 4. The number of hydrogen-bond donors (Lipinski definition) is 0. The first-order valence-electron chi connectivity index (χ1n) is 9.07. The number of para-hydroxylation sites is 2. The molecule has 0 spiro atoms. The number of rotatable bonds is 5. The lowest BCUT2D eigenvalue weighted by atomic mass is 10.1. The van der Waals surface area contributed by atoms with Crippen LogP contribution in [0.3, 0.4) is 0 Å². The Labute approximate surface area is 161 Å². The number of benzene rings is 3. The van der Waals surface area contributed by atoms with Gasteiger partial charge in [-0.05, 0) is 54.1 Å². The Morgan fingerprint density at radius 2 is 1.54 bits per heavy atom. The van der Waals surface area contributed by atoms with Gasteiger partial charge in [-0.2, -0.15) is 0 Å². The van der Waals surface area contributed by atoms with E-state index in [2.05, 4.69) is 0 Å². The standard InChI is InChI=1S/C22H20N2O4/c1-3-23-19-6-4-5-7-20(19)24(22(23)26)14-21(25)28-18-11-9-15-8-10-17(27-2)12-16(15)13-18/h4-13H,3,14H2,1-2H3. The van der Waals surface area contributed by atoms with Crippen molar-refractivity contribution in [3.05, 3.63) is 71.1 Å². The predicted octanol–water partition coefficient (Wildman–Crippen LogP) is 3.59. The van der Waals surface area contributed by atoms with E-state index in [9.17, 15) is 9.59 Å². The van der Waals surface area contributed by atoms with Crippen LogP contribution < -0.4 is 15.2 Å². The van der Waals surface area contributed by atoms with Crippen molar-refractivity contribution >= 4 is 27.8 Å². The first-order valence-corrected chi connectivity index (χ1v) is 9.07. The van der Waals surface area contributed by atoms with Crippen LogP contribution >= 0.6 is 0 Å². The van der Waals surface area contributed by atoms with Gasteiger partial charge in [0.2, 0.25) is 0 Å². The Kier molecular flexibility index (Phi) is 4.61. The fourth-order valence-corrected chi connectivity index (χ4v) is 3.42. The summed E-state index contributed by atoms with van der Waals surface area (Å²) in [6, 6.07) is 18.5. The predicted molar refractivity (Wildman–Crippen MR) is 108 cm³/mol. The summed E-state index contributed by atoms with van der Waals surface area (Å²) in [5, 5.41) is 1.92. The number of carbonyl (C=O) groups is 1. The summed E-state index contributed by atoms with van der Waals surface area (Å²) in [6.07, 6.45) is 0. The monoisotopic (exact) mass is 376 g/mol. The summed E-state index contributed by atoms with van der Waals surface area (Å²) in [7, 11) is 1.61. The Bertz CT molecular complexity index is 1240. The van der Waals surface area contributed by atoms with E-state index in [0.717, 1.165) is 27.6 Å². The lowest BCUT2D eigenvalue weighted by Crippen LogP contribution is -2.28. The third kappa shape index (κ3) is 3.13. The third-order valence-corrected chi connectivity index (χ3v) is 4.78.